The van der Waals surface area contributed by atoms with Crippen LogP contribution in [0.5, 0.6) is 0 Å². The fraction of sp³-hybridized carbons (Fsp3) is 0.278. The molecule has 142 valence electrons. The van der Waals surface area contributed by atoms with Crippen LogP contribution in [-0.4, -0.2) is 51.4 Å². The minimum absolute atomic E-state index is 0.439. The third kappa shape index (κ3) is 3.30. The zero-order valence-corrected chi connectivity index (χ0v) is 15.8. The van der Waals surface area contributed by atoms with Crippen LogP contribution in [0.3, 0.4) is 0 Å². The summed E-state index contributed by atoms with van der Waals surface area (Å²) in [5, 5.41) is 25.2. The SMILES string of the molecule is Clc1ccc(-n2c(CN3CCc4n[nH]cc4C3)nnc2Cn2nccn2)cc1. The number of aromatic amines is 1. The minimum atomic E-state index is 0.439. The van der Waals surface area contributed by atoms with Gasteiger partial charge in [-0.2, -0.15) is 20.1 Å². The zero-order chi connectivity index (χ0) is 18.9. The van der Waals surface area contributed by atoms with Crippen molar-refractivity contribution in [3.05, 3.63) is 70.8 Å². The first kappa shape index (κ1) is 17.1. The van der Waals surface area contributed by atoms with E-state index in [1.54, 1.807) is 17.2 Å². The average Bonchev–Trinajstić information content (AvgIpc) is 3.45. The van der Waals surface area contributed by atoms with E-state index in [2.05, 4.69) is 40.1 Å². The standard InChI is InChI=1S/C18H18ClN9/c19-14-1-3-15(4-2-14)28-17(24-25-18(28)12-27-21-6-7-22-27)11-26-8-5-16-13(10-26)9-20-23-16/h1-4,6-7,9H,5,8,10-12H2,(H,20,23). The molecule has 4 heterocycles. The number of aromatic nitrogens is 8. The van der Waals surface area contributed by atoms with Crippen molar-refractivity contribution in [2.24, 2.45) is 0 Å². The second-order valence-electron chi connectivity index (χ2n) is 6.72. The smallest absolute Gasteiger partial charge is 0.161 e. The molecule has 3 aromatic heterocycles. The number of benzene rings is 1. The molecule has 0 fully saturated rings. The van der Waals surface area contributed by atoms with Crippen molar-refractivity contribution in [3.8, 4) is 5.69 Å². The number of hydrogen-bond acceptors (Lipinski definition) is 6. The van der Waals surface area contributed by atoms with E-state index in [4.69, 9.17) is 11.6 Å². The molecule has 0 saturated carbocycles. The lowest BCUT2D eigenvalue weighted by atomic mass is 10.1. The second kappa shape index (κ2) is 7.17. The second-order valence-corrected chi connectivity index (χ2v) is 7.16. The summed E-state index contributed by atoms with van der Waals surface area (Å²) in [6, 6.07) is 7.68. The molecule has 0 saturated heterocycles. The van der Waals surface area contributed by atoms with Crippen molar-refractivity contribution in [2.45, 2.75) is 26.1 Å². The van der Waals surface area contributed by atoms with Crippen LogP contribution in [0, 0.1) is 0 Å². The molecule has 1 aromatic carbocycles. The van der Waals surface area contributed by atoms with Gasteiger partial charge in [0.15, 0.2) is 11.6 Å². The van der Waals surface area contributed by atoms with Crippen LogP contribution in [0.2, 0.25) is 5.02 Å². The molecule has 5 rings (SSSR count). The lowest BCUT2D eigenvalue weighted by Gasteiger charge is -2.25. The summed E-state index contributed by atoms with van der Waals surface area (Å²) in [4.78, 5) is 3.95. The molecule has 1 aliphatic heterocycles. The fourth-order valence-corrected chi connectivity index (χ4v) is 3.64. The molecule has 0 unspecified atom stereocenters. The molecule has 0 atom stereocenters. The summed E-state index contributed by atoms with van der Waals surface area (Å²) >= 11 is 6.08. The lowest BCUT2D eigenvalue weighted by molar-refractivity contribution is 0.237. The summed E-state index contributed by atoms with van der Waals surface area (Å²) in [5.41, 5.74) is 3.36. The first-order valence-electron chi connectivity index (χ1n) is 9.03. The van der Waals surface area contributed by atoms with Crippen LogP contribution in [0.1, 0.15) is 22.9 Å². The van der Waals surface area contributed by atoms with E-state index in [0.717, 1.165) is 42.5 Å². The van der Waals surface area contributed by atoms with E-state index in [9.17, 15) is 0 Å². The van der Waals surface area contributed by atoms with Gasteiger partial charge in [0.2, 0.25) is 0 Å². The monoisotopic (exact) mass is 395 g/mol. The first-order valence-corrected chi connectivity index (χ1v) is 9.41. The van der Waals surface area contributed by atoms with E-state index in [1.807, 2.05) is 30.5 Å². The van der Waals surface area contributed by atoms with E-state index >= 15 is 0 Å². The predicted molar refractivity (Wildman–Crippen MR) is 102 cm³/mol. The van der Waals surface area contributed by atoms with E-state index in [1.165, 1.54) is 5.56 Å². The average molecular weight is 396 g/mol. The molecule has 0 amide bonds. The van der Waals surface area contributed by atoms with Crippen molar-refractivity contribution in [1.29, 1.82) is 0 Å². The Balaban J connectivity index is 1.47. The van der Waals surface area contributed by atoms with E-state index < -0.39 is 0 Å². The van der Waals surface area contributed by atoms with Gasteiger partial charge >= 0.3 is 0 Å². The van der Waals surface area contributed by atoms with Gasteiger partial charge in [0, 0.05) is 42.0 Å². The normalized spacial score (nSPS) is 14.3. The number of rotatable bonds is 5. The van der Waals surface area contributed by atoms with Gasteiger partial charge in [-0.15, -0.1) is 10.2 Å². The highest BCUT2D eigenvalue weighted by Crippen LogP contribution is 2.21. The fourth-order valence-electron chi connectivity index (χ4n) is 3.51. The third-order valence-corrected chi connectivity index (χ3v) is 5.12. The summed E-state index contributed by atoms with van der Waals surface area (Å²) < 4.78 is 2.06. The highest BCUT2D eigenvalue weighted by atomic mass is 35.5. The molecule has 10 heteroatoms. The number of hydrogen-bond donors (Lipinski definition) is 1. The Bertz CT molecular complexity index is 1070. The number of halogens is 1. The molecule has 1 aliphatic rings. The van der Waals surface area contributed by atoms with Gasteiger partial charge in [0.1, 0.15) is 6.54 Å². The van der Waals surface area contributed by atoms with Crippen LogP contribution in [0.25, 0.3) is 5.69 Å². The van der Waals surface area contributed by atoms with Crippen LogP contribution in [0.15, 0.2) is 42.9 Å². The van der Waals surface area contributed by atoms with Crippen LogP contribution >= 0.6 is 11.6 Å². The molecule has 0 radical (unpaired) electrons. The maximum absolute atomic E-state index is 6.08. The van der Waals surface area contributed by atoms with E-state index in [-0.39, 0.29) is 0 Å². The molecule has 0 bridgehead atoms. The minimum Gasteiger partial charge on any atom is -0.291 e. The summed E-state index contributed by atoms with van der Waals surface area (Å²) in [6.45, 7) is 2.90. The lowest BCUT2D eigenvalue weighted by Crippen LogP contribution is -2.31. The number of nitrogens with one attached hydrogen (secondary N) is 1. The highest BCUT2D eigenvalue weighted by Gasteiger charge is 2.22. The molecule has 9 nitrogen and oxygen atoms in total. The summed E-state index contributed by atoms with van der Waals surface area (Å²) in [5.74, 6) is 1.64. The molecule has 1 N–H and O–H groups in total. The first-order chi connectivity index (χ1) is 13.8. The molecule has 0 aliphatic carbocycles. The maximum Gasteiger partial charge on any atom is 0.161 e. The highest BCUT2D eigenvalue weighted by molar-refractivity contribution is 6.30. The number of H-pyrrole nitrogens is 1. The Morgan fingerprint density at radius 2 is 1.75 bits per heavy atom. The van der Waals surface area contributed by atoms with Gasteiger partial charge in [-0.3, -0.25) is 14.6 Å². The Hall–Kier alpha value is -3.04. The predicted octanol–water partition coefficient (Wildman–Crippen LogP) is 1.84. The largest absolute Gasteiger partial charge is 0.291 e. The van der Waals surface area contributed by atoms with Gasteiger partial charge in [0.25, 0.3) is 0 Å². The van der Waals surface area contributed by atoms with Crippen molar-refractivity contribution in [2.75, 3.05) is 6.54 Å². The van der Waals surface area contributed by atoms with Crippen LogP contribution in [-0.2, 0) is 26.1 Å². The maximum atomic E-state index is 6.08. The Morgan fingerprint density at radius 1 is 1.00 bits per heavy atom. The third-order valence-electron chi connectivity index (χ3n) is 4.86. The van der Waals surface area contributed by atoms with Crippen molar-refractivity contribution in [3.63, 3.8) is 0 Å². The van der Waals surface area contributed by atoms with Gasteiger partial charge in [0.05, 0.1) is 24.6 Å². The van der Waals surface area contributed by atoms with Gasteiger partial charge < -0.3 is 0 Å². The molecule has 0 spiro atoms. The summed E-state index contributed by atoms with van der Waals surface area (Å²) in [6.07, 6.45) is 6.21. The molecular weight excluding hydrogens is 378 g/mol. The van der Waals surface area contributed by atoms with Gasteiger partial charge in [-0.05, 0) is 24.3 Å². The van der Waals surface area contributed by atoms with Crippen LogP contribution in [0.4, 0.5) is 0 Å². The van der Waals surface area contributed by atoms with Crippen LogP contribution < -0.4 is 0 Å². The summed E-state index contributed by atoms with van der Waals surface area (Å²) in [7, 11) is 0. The molecule has 4 aromatic rings. The Morgan fingerprint density at radius 3 is 2.54 bits per heavy atom. The van der Waals surface area contributed by atoms with E-state index in [0.29, 0.717) is 18.1 Å². The van der Waals surface area contributed by atoms with Crippen molar-refractivity contribution >= 4 is 11.6 Å². The zero-order valence-electron chi connectivity index (χ0n) is 15.0. The Kier molecular flexibility index (Phi) is 4.38. The Labute approximate surface area is 166 Å². The number of nitrogens with zero attached hydrogens (tertiary/aromatic N) is 8. The van der Waals surface area contributed by atoms with Crippen molar-refractivity contribution < 1.29 is 0 Å². The molecular formula is C18H18ClN9. The topological polar surface area (TPSA) is 93.3 Å². The van der Waals surface area contributed by atoms with Gasteiger partial charge in [-0.1, -0.05) is 11.6 Å². The number of fused-ring (bicyclic) bond motifs is 1. The quantitative estimate of drug-likeness (QED) is 0.554. The van der Waals surface area contributed by atoms with Crippen molar-refractivity contribution in [1.82, 2.24) is 44.9 Å². The van der Waals surface area contributed by atoms with Gasteiger partial charge in [-0.25, -0.2) is 0 Å². The molecule has 28 heavy (non-hydrogen) atoms.